The second-order valence-electron chi connectivity index (χ2n) is 5.77. The molecule has 1 heterocycles. The Balaban J connectivity index is 1.65. The van der Waals surface area contributed by atoms with Gasteiger partial charge < -0.3 is 15.0 Å². The average molecular weight is 336 g/mol. The van der Waals surface area contributed by atoms with E-state index in [0.29, 0.717) is 25.3 Å². The van der Waals surface area contributed by atoms with Crippen LogP contribution in [0.5, 0.6) is 11.5 Å². The van der Waals surface area contributed by atoms with Gasteiger partial charge in [0.25, 0.3) is 0 Å². The van der Waals surface area contributed by atoms with Crippen LogP contribution in [0.4, 0.5) is 5.69 Å². The number of nitrogens with zero attached hydrogens (tertiary/aromatic N) is 1. The molecule has 0 aromatic heterocycles. The van der Waals surface area contributed by atoms with Crippen molar-refractivity contribution in [1.29, 1.82) is 0 Å². The van der Waals surface area contributed by atoms with Crippen LogP contribution in [0.2, 0.25) is 0 Å². The number of carbonyl (C=O) groups excluding carboxylic acids is 2. The van der Waals surface area contributed by atoms with Crippen LogP contribution < -0.4 is 15.0 Å². The summed E-state index contributed by atoms with van der Waals surface area (Å²) >= 11 is 0. The fourth-order valence-corrected chi connectivity index (χ4v) is 2.79. The highest BCUT2D eigenvalue weighted by molar-refractivity contribution is 6.09. The lowest BCUT2D eigenvalue weighted by molar-refractivity contribution is -0.131. The summed E-state index contributed by atoms with van der Waals surface area (Å²) in [5.74, 6) is 0.420. The van der Waals surface area contributed by atoms with Gasteiger partial charge in [-0.25, -0.2) is 0 Å². The number of rotatable bonds is 6. The van der Waals surface area contributed by atoms with Crippen molar-refractivity contribution in [1.82, 2.24) is 5.32 Å². The molecule has 5 heteroatoms. The zero-order chi connectivity index (χ0) is 17.6. The Hall–Kier alpha value is -3.08. The molecule has 25 heavy (non-hydrogen) atoms. The van der Waals surface area contributed by atoms with E-state index in [1.165, 1.54) is 0 Å². The van der Waals surface area contributed by atoms with Crippen molar-refractivity contribution in [3.63, 3.8) is 0 Å². The summed E-state index contributed by atoms with van der Waals surface area (Å²) in [6, 6.07) is 16.8. The van der Waals surface area contributed by atoms with Crippen LogP contribution in [0.15, 0.2) is 67.3 Å². The Morgan fingerprint density at radius 2 is 1.84 bits per heavy atom. The maximum Gasteiger partial charge on any atom is 0.239 e. The summed E-state index contributed by atoms with van der Waals surface area (Å²) in [7, 11) is 0. The Morgan fingerprint density at radius 3 is 2.52 bits per heavy atom. The summed E-state index contributed by atoms with van der Waals surface area (Å²) in [6.07, 6.45) is 2.12. The Labute approximate surface area is 146 Å². The van der Waals surface area contributed by atoms with E-state index in [-0.39, 0.29) is 11.8 Å². The minimum Gasteiger partial charge on any atom is -0.457 e. The molecule has 2 aromatic carbocycles. The third kappa shape index (κ3) is 3.88. The van der Waals surface area contributed by atoms with Gasteiger partial charge in [-0.1, -0.05) is 24.3 Å². The monoisotopic (exact) mass is 336 g/mol. The van der Waals surface area contributed by atoms with Gasteiger partial charge in [0.15, 0.2) is 0 Å². The van der Waals surface area contributed by atoms with Crippen LogP contribution in [0.25, 0.3) is 0 Å². The highest BCUT2D eigenvalue weighted by atomic mass is 16.5. The quantitative estimate of drug-likeness (QED) is 0.651. The first-order chi connectivity index (χ1) is 12.2. The van der Waals surface area contributed by atoms with E-state index in [4.69, 9.17) is 4.74 Å². The molecule has 0 aliphatic carbocycles. The van der Waals surface area contributed by atoms with Crippen LogP contribution in [0, 0.1) is 5.92 Å². The molecule has 3 rings (SSSR count). The van der Waals surface area contributed by atoms with E-state index in [2.05, 4.69) is 11.9 Å². The molecule has 5 nitrogen and oxygen atoms in total. The average Bonchev–Trinajstić information content (AvgIpc) is 3.03. The molecule has 2 amide bonds. The largest absolute Gasteiger partial charge is 0.457 e. The van der Waals surface area contributed by atoms with Crippen LogP contribution in [-0.4, -0.2) is 24.9 Å². The normalized spacial score (nSPS) is 16.6. The molecular formula is C20H20N2O3. The Kier molecular flexibility index (Phi) is 5.14. The number of hydrogen-bond donors (Lipinski definition) is 1. The molecule has 1 N–H and O–H groups in total. The maximum absolute atomic E-state index is 12.5. The fourth-order valence-electron chi connectivity index (χ4n) is 2.79. The fraction of sp³-hybridized carbons (Fsp3) is 0.200. The predicted molar refractivity (Wildman–Crippen MR) is 96.6 cm³/mol. The third-order valence-electron chi connectivity index (χ3n) is 4.07. The van der Waals surface area contributed by atoms with E-state index in [9.17, 15) is 9.59 Å². The van der Waals surface area contributed by atoms with Crippen molar-refractivity contribution >= 4 is 17.5 Å². The number of amides is 2. The van der Waals surface area contributed by atoms with E-state index in [1.807, 2.05) is 54.6 Å². The molecule has 2 aromatic rings. The van der Waals surface area contributed by atoms with E-state index in [0.717, 1.165) is 11.4 Å². The first kappa shape index (κ1) is 16.8. The van der Waals surface area contributed by atoms with Gasteiger partial charge in [0.1, 0.15) is 17.4 Å². The standard InChI is InChI=1S/C20H20N2O3/c1-2-13-21-19(23)18-12-14-22(20(18)24)15-8-10-17(11-9-15)25-16-6-4-3-5-7-16/h2-11,18H,1,12-14H2,(H,21,23). The number of ether oxygens (including phenoxy) is 1. The summed E-state index contributed by atoms with van der Waals surface area (Å²) in [4.78, 5) is 26.2. The molecule has 1 fully saturated rings. The summed E-state index contributed by atoms with van der Waals surface area (Å²) in [5, 5.41) is 2.69. The number of anilines is 1. The van der Waals surface area contributed by atoms with Crippen LogP contribution in [0.3, 0.4) is 0 Å². The topological polar surface area (TPSA) is 58.6 Å². The summed E-state index contributed by atoms with van der Waals surface area (Å²) in [6.45, 7) is 4.46. The molecule has 1 aliphatic heterocycles. The van der Waals surface area contributed by atoms with Crippen LogP contribution in [0.1, 0.15) is 6.42 Å². The van der Waals surface area contributed by atoms with Crippen molar-refractivity contribution in [2.24, 2.45) is 5.92 Å². The van der Waals surface area contributed by atoms with E-state index in [1.54, 1.807) is 11.0 Å². The van der Waals surface area contributed by atoms with Gasteiger partial charge in [-0.2, -0.15) is 0 Å². The number of para-hydroxylation sites is 1. The molecule has 1 aliphatic rings. The molecule has 0 saturated carbocycles. The summed E-state index contributed by atoms with van der Waals surface area (Å²) < 4.78 is 5.75. The van der Waals surface area contributed by atoms with Crippen molar-refractivity contribution < 1.29 is 14.3 Å². The summed E-state index contributed by atoms with van der Waals surface area (Å²) in [5.41, 5.74) is 0.768. The second kappa shape index (κ2) is 7.66. The Bertz CT molecular complexity index is 756. The number of benzene rings is 2. The van der Waals surface area contributed by atoms with Gasteiger partial charge in [0, 0.05) is 18.8 Å². The van der Waals surface area contributed by atoms with E-state index >= 15 is 0 Å². The van der Waals surface area contributed by atoms with Gasteiger partial charge in [-0.15, -0.1) is 6.58 Å². The number of carbonyl (C=O) groups is 2. The SMILES string of the molecule is C=CCNC(=O)C1CCN(c2ccc(Oc3ccccc3)cc2)C1=O. The Morgan fingerprint density at radius 1 is 1.16 bits per heavy atom. The first-order valence-electron chi connectivity index (χ1n) is 8.22. The molecule has 0 bridgehead atoms. The zero-order valence-corrected chi connectivity index (χ0v) is 13.9. The lowest BCUT2D eigenvalue weighted by atomic mass is 10.1. The zero-order valence-electron chi connectivity index (χ0n) is 13.9. The number of nitrogens with one attached hydrogen (secondary N) is 1. The minimum atomic E-state index is -0.625. The lowest BCUT2D eigenvalue weighted by Crippen LogP contribution is -2.36. The van der Waals surface area contributed by atoms with Crippen molar-refractivity contribution in [2.45, 2.75) is 6.42 Å². The highest BCUT2D eigenvalue weighted by Gasteiger charge is 2.37. The van der Waals surface area contributed by atoms with Gasteiger partial charge in [0.2, 0.25) is 11.8 Å². The maximum atomic E-state index is 12.5. The van der Waals surface area contributed by atoms with Gasteiger partial charge in [0.05, 0.1) is 0 Å². The number of hydrogen-bond acceptors (Lipinski definition) is 3. The van der Waals surface area contributed by atoms with Crippen molar-refractivity contribution in [3.8, 4) is 11.5 Å². The molecular weight excluding hydrogens is 316 g/mol. The molecule has 1 saturated heterocycles. The van der Waals surface area contributed by atoms with Crippen LogP contribution in [-0.2, 0) is 9.59 Å². The first-order valence-corrected chi connectivity index (χ1v) is 8.22. The predicted octanol–water partition coefficient (Wildman–Crippen LogP) is 3.13. The lowest BCUT2D eigenvalue weighted by Gasteiger charge is -2.17. The van der Waals surface area contributed by atoms with Crippen molar-refractivity contribution in [3.05, 3.63) is 67.3 Å². The highest BCUT2D eigenvalue weighted by Crippen LogP contribution is 2.28. The van der Waals surface area contributed by atoms with Gasteiger partial charge in [-0.05, 0) is 42.8 Å². The second-order valence-corrected chi connectivity index (χ2v) is 5.77. The smallest absolute Gasteiger partial charge is 0.239 e. The molecule has 0 spiro atoms. The molecule has 1 unspecified atom stereocenters. The minimum absolute atomic E-state index is 0.168. The van der Waals surface area contributed by atoms with E-state index < -0.39 is 5.92 Å². The van der Waals surface area contributed by atoms with Gasteiger partial charge >= 0.3 is 0 Å². The molecule has 1 atom stereocenters. The van der Waals surface area contributed by atoms with Crippen LogP contribution >= 0.6 is 0 Å². The van der Waals surface area contributed by atoms with Crippen molar-refractivity contribution in [2.75, 3.05) is 18.0 Å². The molecule has 128 valence electrons. The molecule has 0 radical (unpaired) electrons. The third-order valence-corrected chi connectivity index (χ3v) is 4.07. The van der Waals surface area contributed by atoms with Gasteiger partial charge in [-0.3, -0.25) is 9.59 Å².